The molecule has 1 atom stereocenters. The summed E-state index contributed by atoms with van der Waals surface area (Å²) in [4.78, 5) is 0. The highest BCUT2D eigenvalue weighted by Gasteiger charge is 2.05. The molecular formula is C10H10N2. The molecule has 0 radical (unpaired) electrons. The molecule has 0 spiro atoms. The summed E-state index contributed by atoms with van der Waals surface area (Å²) in [6, 6.07) is 10.3. The largest absolute Gasteiger partial charge is 0.286 e. The van der Waals surface area contributed by atoms with Gasteiger partial charge in [-0.1, -0.05) is 36.4 Å². The predicted octanol–water partition coefficient (Wildman–Crippen LogP) is 1.87. The summed E-state index contributed by atoms with van der Waals surface area (Å²) < 4.78 is 0. The highest BCUT2D eigenvalue weighted by atomic mass is 15.3. The van der Waals surface area contributed by atoms with Crippen LogP contribution in [0.15, 0.2) is 47.7 Å². The van der Waals surface area contributed by atoms with Crippen LogP contribution in [0.3, 0.4) is 0 Å². The molecule has 1 aliphatic rings. The van der Waals surface area contributed by atoms with Gasteiger partial charge in [-0.05, 0) is 5.56 Å². The molecule has 0 aliphatic carbocycles. The normalized spacial score (nSPS) is 20.5. The van der Waals surface area contributed by atoms with E-state index < -0.39 is 0 Å². The van der Waals surface area contributed by atoms with E-state index >= 15 is 0 Å². The van der Waals surface area contributed by atoms with Crippen molar-refractivity contribution >= 4 is 6.21 Å². The molecule has 0 aromatic heterocycles. The van der Waals surface area contributed by atoms with Crippen molar-refractivity contribution in [1.82, 2.24) is 5.43 Å². The Morgan fingerprint density at radius 1 is 1.17 bits per heavy atom. The molecule has 0 fully saturated rings. The Balaban J connectivity index is 2.25. The molecule has 1 N–H and O–H groups in total. The van der Waals surface area contributed by atoms with Crippen LogP contribution in [0, 0.1) is 0 Å². The molecule has 12 heavy (non-hydrogen) atoms. The zero-order valence-corrected chi connectivity index (χ0v) is 6.64. The fraction of sp³-hybridized carbons (Fsp3) is 0.100. The minimum absolute atomic E-state index is 0.326. The lowest BCUT2D eigenvalue weighted by Crippen LogP contribution is -2.07. The third-order valence-electron chi connectivity index (χ3n) is 1.87. The Kier molecular flexibility index (Phi) is 1.90. The van der Waals surface area contributed by atoms with E-state index in [0.717, 1.165) is 0 Å². The van der Waals surface area contributed by atoms with Crippen LogP contribution < -0.4 is 5.43 Å². The second-order valence-corrected chi connectivity index (χ2v) is 2.70. The number of benzene rings is 1. The van der Waals surface area contributed by atoms with Gasteiger partial charge < -0.3 is 0 Å². The zero-order valence-electron chi connectivity index (χ0n) is 6.64. The standard InChI is InChI=1S/C10H10N2/c1-2-4-9(5-3-1)10-6-7-11-12-8-10/h1-8,10-11H. The lowest BCUT2D eigenvalue weighted by atomic mass is 10.0. The first-order valence-electron chi connectivity index (χ1n) is 3.97. The number of allylic oxidation sites excluding steroid dienone is 1. The van der Waals surface area contributed by atoms with Gasteiger partial charge in [0.1, 0.15) is 0 Å². The van der Waals surface area contributed by atoms with E-state index in [1.807, 2.05) is 30.6 Å². The summed E-state index contributed by atoms with van der Waals surface area (Å²) in [5, 5.41) is 3.97. The van der Waals surface area contributed by atoms with Crippen LogP contribution in [0.1, 0.15) is 11.5 Å². The van der Waals surface area contributed by atoms with E-state index in [1.54, 1.807) is 0 Å². The Morgan fingerprint density at radius 3 is 2.67 bits per heavy atom. The number of hydrogen-bond acceptors (Lipinski definition) is 2. The van der Waals surface area contributed by atoms with Gasteiger partial charge in [0.25, 0.3) is 0 Å². The molecule has 1 aromatic rings. The molecular weight excluding hydrogens is 148 g/mol. The number of hydrogen-bond donors (Lipinski definition) is 1. The number of hydrazone groups is 1. The summed E-state index contributed by atoms with van der Waals surface area (Å²) in [5.41, 5.74) is 4.05. The molecule has 2 rings (SSSR count). The van der Waals surface area contributed by atoms with Crippen LogP contribution in [0.4, 0.5) is 0 Å². The van der Waals surface area contributed by atoms with Gasteiger partial charge in [0.2, 0.25) is 0 Å². The first kappa shape index (κ1) is 7.10. The van der Waals surface area contributed by atoms with Crippen LogP contribution in [-0.2, 0) is 0 Å². The van der Waals surface area contributed by atoms with E-state index in [-0.39, 0.29) is 0 Å². The van der Waals surface area contributed by atoms with Crippen molar-refractivity contribution in [3.05, 3.63) is 48.2 Å². The maximum absolute atomic E-state index is 3.97. The van der Waals surface area contributed by atoms with Crippen molar-refractivity contribution in [3.63, 3.8) is 0 Å². The van der Waals surface area contributed by atoms with Crippen LogP contribution in [-0.4, -0.2) is 6.21 Å². The third-order valence-corrected chi connectivity index (χ3v) is 1.87. The lowest BCUT2D eigenvalue weighted by Gasteiger charge is -2.09. The first-order chi connectivity index (χ1) is 5.97. The molecule has 1 aromatic carbocycles. The second kappa shape index (κ2) is 3.22. The molecule has 0 amide bonds. The molecule has 1 heterocycles. The average Bonchev–Trinajstić information content (AvgIpc) is 2.21. The van der Waals surface area contributed by atoms with Gasteiger partial charge in [-0.2, -0.15) is 5.10 Å². The summed E-state index contributed by atoms with van der Waals surface area (Å²) in [6.45, 7) is 0. The summed E-state index contributed by atoms with van der Waals surface area (Å²) in [5.74, 6) is 0.326. The fourth-order valence-electron chi connectivity index (χ4n) is 1.24. The monoisotopic (exact) mass is 158 g/mol. The van der Waals surface area contributed by atoms with E-state index in [4.69, 9.17) is 0 Å². The molecule has 1 aliphatic heterocycles. The van der Waals surface area contributed by atoms with Gasteiger partial charge in [-0.3, -0.25) is 5.43 Å². The van der Waals surface area contributed by atoms with Gasteiger partial charge in [-0.15, -0.1) is 0 Å². The van der Waals surface area contributed by atoms with Gasteiger partial charge in [-0.25, -0.2) is 0 Å². The van der Waals surface area contributed by atoms with Crippen molar-refractivity contribution in [1.29, 1.82) is 0 Å². The fourth-order valence-corrected chi connectivity index (χ4v) is 1.24. The Bertz CT molecular complexity index is 289. The number of rotatable bonds is 1. The van der Waals surface area contributed by atoms with Gasteiger partial charge in [0.05, 0.1) is 0 Å². The predicted molar refractivity (Wildman–Crippen MR) is 50.0 cm³/mol. The molecule has 0 saturated heterocycles. The van der Waals surface area contributed by atoms with Crippen molar-refractivity contribution in [2.75, 3.05) is 0 Å². The van der Waals surface area contributed by atoms with Crippen molar-refractivity contribution in [3.8, 4) is 0 Å². The maximum atomic E-state index is 3.97. The van der Waals surface area contributed by atoms with E-state index in [2.05, 4.69) is 28.7 Å². The smallest absolute Gasteiger partial charge is 0.0408 e. The summed E-state index contributed by atoms with van der Waals surface area (Å²) >= 11 is 0. The van der Waals surface area contributed by atoms with Gasteiger partial charge in [0.15, 0.2) is 0 Å². The zero-order chi connectivity index (χ0) is 8.23. The van der Waals surface area contributed by atoms with Crippen LogP contribution in [0.5, 0.6) is 0 Å². The maximum Gasteiger partial charge on any atom is 0.0408 e. The highest BCUT2D eigenvalue weighted by molar-refractivity contribution is 5.71. The Hall–Kier alpha value is -1.57. The van der Waals surface area contributed by atoms with E-state index in [9.17, 15) is 0 Å². The molecule has 0 bridgehead atoms. The topological polar surface area (TPSA) is 24.4 Å². The molecule has 0 saturated carbocycles. The van der Waals surface area contributed by atoms with E-state index in [0.29, 0.717) is 5.92 Å². The SMILES string of the molecule is C1=CC(c2ccccc2)C=NN1. The minimum atomic E-state index is 0.326. The minimum Gasteiger partial charge on any atom is -0.286 e. The van der Waals surface area contributed by atoms with E-state index in [1.165, 1.54) is 5.56 Å². The highest BCUT2D eigenvalue weighted by Crippen LogP contribution is 2.15. The van der Waals surface area contributed by atoms with Crippen LogP contribution in [0.2, 0.25) is 0 Å². The number of nitrogens with one attached hydrogen (secondary N) is 1. The quantitative estimate of drug-likeness (QED) is 0.663. The Morgan fingerprint density at radius 2 is 2.00 bits per heavy atom. The van der Waals surface area contributed by atoms with Crippen molar-refractivity contribution in [2.45, 2.75) is 5.92 Å². The first-order valence-corrected chi connectivity index (χ1v) is 3.97. The van der Waals surface area contributed by atoms with Gasteiger partial charge >= 0.3 is 0 Å². The van der Waals surface area contributed by atoms with Crippen molar-refractivity contribution < 1.29 is 0 Å². The molecule has 1 unspecified atom stereocenters. The summed E-state index contributed by atoms with van der Waals surface area (Å²) in [7, 11) is 0. The third kappa shape index (κ3) is 1.37. The molecule has 2 nitrogen and oxygen atoms in total. The summed E-state index contributed by atoms with van der Waals surface area (Å²) in [6.07, 6.45) is 5.84. The van der Waals surface area contributed by atoms with Crippen LogP contribution in [0.25, 0.3) is 0 Å². The van der Waals surface area contributed by atoms with Crippen LogP contribution >= 0.6 is 0 Å². The second-order valence-electron chi connectivity index (χ2n) is 2.70. The van der Waals surface area contributed by atoms with Crippen molar-refractivity contribution in [2.24, 2.45) is 5.10 Å². The lowest BCUT2D eigenvalue weighted by molar-refractivity contribution is 0.918. The Labute approximate surface area is 71.6 Å². The average molecular weight is 158 g/mol. The molecule has 60 valence electrons. The number of nitrogens with zero attached hydrogens (tertiary/aromatic N) is 1. The van der Waals surface area contributed by atoms with Gasteiger partial charge in [0, 0.05) is 18.3 Å². The molecule has 2 heteroatoms.